The zero-order chi connectivity index (χ0) is 21.8. The maximum atomic E-state index is 12.4. The van der Waals surface area contributed by atoms with Gasteiger partial charge in [-0.05, 0) is 42.2 Å². The first-order chi connectivity index (χ1) is 14.6. The predicted octanol–water partition coefficient (Wildman–Crippen LogP) is 5.96. The monoisotopic (exact) mass is 410 g/mol. The summed E-state index contributed by atoms with van der Waals surface area (Å²) in [6, 6.07) is 17.3. The molecule has 4 heteroatoms. The molecule has 2 atom stereocenters. The third-order valence-corrected chi connectivity index (χ3v) is 5.27. The van der Waals surface area contributed by atoms with Gasteiger partial charge >= 0.3 is 5.97 Å². The smallest absolute Gasteiger partial charge is 0.331 e. The quantitative estimate of drug-likeness (QED) is 0.266. The number of hydrogen-bond acceptors (Lipinski definition) is 4. The molecule has 0 unspecified atom stereocenters. The van der Waals surface area contributed by atoms with Crippen molar-refractivity contribution in [1.82, 2.24) is 0 Å². The summed E-state index contributed by atoms with van der Waals surface area (Å²) in [4.78, 5) is 12.4. The Morgan fingerprint density at radius 1 is 1.00 bits per heavy atom. The van der Waals surface area contributed by atoms with Gasteiger partial charge in [-0.3, -0.25) is 0 Å². The van der Waals surface area contributed by atoms with E-state index >= 15 is 0 Å². The molecule has 0 radical (unpaired) electrons. The lowest BCUT2D eigenvalue weighted by atomic mass is 9.81. The summed E-state index contributed by atoms with van der Waals surface area (Å²) < 4.78 is 10.5. The maximum absolute atomic E-state index is 12.4. The molecular formula is C26H34O4. The largest absolute Gasteiger partial charge is 0.497 e. The maximum Gasteiger partial charge on any atom is 0.331 e. The van der Waals surface area contributed by atoms with Crippen LogP contribution in [0.25, 0.3) is 5.57 Å². The van der Waals surface area contributed by atoms with Gasteiger partial charge in [-0.1, -0.05) is 75.1 Å². The summed E-state index contributed by atoms with van der Waals surface area (Å²) in [6.07, 6.45) is 6.01. The molecule has 0 aliphatic heterocycles. The van der Waals surface area contributed by atoms with Crippen LogP contribution in [0.2, 0.25) is 0 Å². The summed E-state index contributed by atoms with van der Waals surface area (Å²) in [5.41, 5.74) is 2.53. The molecule has 0 saturated carbocycles. The number of aliphatic hydroxyl groups is 1. The Morgan fingerprint density at radius 2 is 1.70 bits per heavy atom. The van der Waals surface area contributed by atoms with E-state index in [1.807, 2.05) is 54.6 Å². The Labute approximate surface area is 180 Å². The fourth-order valence-corrected chi connectivity index (χ4v) is 3.66. The van der Waals surface area contributed by atoms with Gasteiger partial charge in [0, 0.05) is 12.0 Å². The highest BCUT2D eigenvalue weighted by Crippen LogP contribution is 2.38. The van der Waals surface area contributed by atoms with Gasteiger partial charge in [-0.2, -0.15) is 0 Å². The second kappa shape index (κ2) is 12.9. The summed E-state index contributed by atoms with van der Waals surface area (Å²) in [5.74, 6) is 0.140. The van der Waals surface area contributed by atoms with E-state index in [2.05, 4.69) is 6.92 Å². The van der Waals surface area contributed by atoms with Crippen LogP contribution < -0.4 is 4.74 Å². The molecule has 4 nitrogen and oxygen atoms in total. The Morgan fingerprint density at radius 3 is 2.30 bits per heavy atom. The van der Waals surface area contributed by atoms with Gasteiger partial charge in [0.05, 0.1) is 19.8 Å². The number of hydrogen-bond donors (Lipinski definition) is 1. The van der Waals surface area contributed by atoms with Crippen molar-refractivity contribution in [2.45, 2.75) is 52.1 Å². The van der Waals surface area contributed by atoms with E-state index in [1.165, 1.54) is 0 Å². The SMILES string of the molecule is CCCCCC[C@@H](/C(=C/C(=O)OCC)c1ccc(OC)cc1)[C@@H](O)c1ccccc1. The van der Waals surface area contributed by atoms with Crippen molar-refractivity contribution < 1.29 is 19.4 Å². The zero-order valence-corrected chi connectivity index (χ0v) is 18.3. The van der Waals surface area contributed by atoms with Gasteiger partial charge in [-0.25, -0.2) is 4.79 Å². The van der Waals surface area contributed by atoms with Crippen LogP contribution in [0, 0.1) is 5.92 Å². The summed E-state index contributed by atoms with van der Waals surface area (Å²) >= 11 is 0. The lowest BCUT2D eigenvalue weighted by molar-refractivity contribution is -0.137. The van der Waals surface area contributed by atoms with Crippen LogP contribution in [0.1, 0.15) is 63.2 Å². The first-order valence-corrected chi connectivity index (χ1v) is 10.9. The minimum Gasteiger partial charge on any atom is -0.497 e. The van der Waals surface area contributed by atoms with E-state index in [0.717, 1.165) is 54.6 Å². The molecule has 2 aromatic rings. The molecule has 0 bridgehead atoms. The van der Waals surface area contributed by atoms with Gasteiger partial charge in [0.2, 0.25) is 0 Å². The van der Waals surface area contributed by atoms with Crippen LogP contribution in [0.5, 0.6) is 5.75 Å². The summed E-state index contributed by atoms with van der Waals surface area (Å²) in [6.45, 7) is 4.28. The standard InChI is InChI=1S/C26H34O4/c1-4-6-7-11-14-23(26(28)21-12-9-8-10-13-21)24(19-25(27)30-5-2)20-15-17-22(29-3)18-16-20/h8-10,12-13,15-19,23,26,28H,4-7,11,14H2,1-3H3/b24-19+/t23-,26-/m0/s1. The minimum atomic E-state index is -0.712. The topological polar surface area (TPSA) is 55.8 Å². The number of carbonyl (C=O) groups excluding carboxylic acids is 1. The number of esters is 1. The Bertz CT molecular complexity index is 780. The number of methoxy groups -OCH3 is 1. The zero-order valence-electron chi connectivity index (χ0n) is 18.3. The molecule has 2 aromatic carbocycles. The Balaban J connectivity index is 2.44. The van der Waals surface area contributed by atoms with E-state index in [1.54, 1.807) is 20.1 Å². The highest BCUT2D eigenvalue weighted by molar-refractivity contribution is 5.92. The normalized spacial score (nSPS) is 13.5. The Kier molecular flexibility index (Phi) is 10.2. The summed E-state index contributed by atoms with van der Waals surface area (Å²) in [5, 5.41) is 11.3. The molecule has 30 heavy (non-hydrogen) atoms. The van der Waals surface area contributed by atoms with Crippen molar-refractivity contribution >= 4 is 11.5 Å². The van der Waals surface area contributed by atoms with Crippen LogP contribution in [0.4, 0.5) is 0 Å². The van der Waals surface area contributed by atoms with Crippen molar-refractivity contribution in [3.05, 3.63) is 71.8 Å². The average Bonchev–Trinajstić information content (AvgIpc) is 2.78. The molecule has 1 N–H and O–H groups in total. The molecule has 0 aliphatic rings. The fourth-order valence-electron chi connectivity index (χ4n) is 3.66. The molecule has 0 saturated heterocycles. The first-order valence-electron chi connectivity index (χ1n) is 10.9. The van der Waals surface area contributed by atoms with Gasteiger partial charge in [-0.15, -0.1) is 0 Å². The van der Waals surface area contributed by atoms with Crippen LogP contribution in [0.15, 0.2) is 60.7 Å². The molecule has 2 rings (SSSR count). The van der Waals surface area contributed by atoms with Crippen molar-refractivity contribution in [1.29, 1.82) is 0 Å². The molecule has 0 amide bonds. The van der Waals surface area contributed by atoms with E-state index in [0.29, 0.717) is 6.61 Å². The van der Waals surface area contributed by atoms with Crippen LogP contribution in [-0.2, 0) is 9.53 Å². The lowest BCUT2D eigenvalue weighted by Gasteiger charge is -2.27. The van der Waals surface area contributed by atoms with Crippen LogP contribution >= 0.6 is 0 Å². The van der Waals surface area contributed by atoms with E-state index in [-0.39, 0.29) is 11.9 Å². The molecule has 0 aliphatic carbocycles. The first kappa shape index (κ1) is 23.7. The van der Waals surface area contributed by atoms with Gasteiger partial charge in [0.15, 0.2) is 0 Å². The van der Waals surface area contributed by atoms with Crippen LogP contribution in [0.3, 0.4) is 0 Å². The third kappa shape index (κ3) is 7.03. The van der Waals surface area contributed by atoms with Gasteiger partial charge in [0.1, 0.15) is 5.75 Å². The highest BCUT2D eigenvalue weighted by Gasteiger charge is 2.26. The number of carbonyl (C=O) groups is 1. The average molecular weight is 411 g/mol. The lowest BCUT2D eigenvalue weighted by Crippen LogP contribution is -2.16. The molecule has 0 fully saturated rings. The predicted molar refractivity (Wildman–Crippen MR) is 121 cm³/mol. The molecule has 0 aromatic heterocycles. The number of benzene rings is 2. The minimum absolute atomic E-state index is 0.220. The van der Waals surface area contributed by atoms with Crippen molar-refractivity contribution in [2.75, 3.05) is 13.7 Å². The second-order valence-electron chi connectivity index (χ2n) is 7.39. The fraction of sp³-hybridized carbons (Fsp3) is 0.423. The van der Waals surface area contributed by atoms with Crippen LogP contribution in [-0.4, -0.2) is 24.8 Å². The number of unbranched alkanes of at least 4 members (excludes halogenated alkanes) is 3. The van der Waals surface area contributed by atoms with Crippen molar-refractivity contribution in [3.63, 3.8) is 0 Å². The molecule has 0 spiro atoms. The molecule has 162 valence electrons. The third-order valence-electron chi connectivity index (χ3n) is 5.27. The van der Waals surface area contributed by atoms with Gasteiger partial charge in [0.25, 0.3) is 0 Å². The molecule has 0 heterocycles. The van der Waals surface area contributed by atoms with Crippen molar-refractivity contribution in [3.8, 4) is 5.75 Å². The van der Waals surface area contributed by atoms with E-state index < -0.39 is 6.10 Å². The van der Waals surface area contributed by atoms with E-state index in [9.17, 15) is 9.90 Å². The molecular weight excluding hydrogens is 376 g/mol. The number of rotatable bonds is 12. The second-order valence-corrected chi connectivity index (χ2v) is 7.39. The van der Waals surface area contributed by atoms with E-state index in [4.69, 9.17) is 9.47 Å². The van der Waals surface area contributed by atoms with Crippen molar-refractivity contribution in [2.24, 2.45) is 5.92 Å². The number of ether oxygens (including phenoxy) is 2. The Hall–Kier alpha value is -2.59. The van der Waals surface area contributed by atoms with Gasteiger partial charge < -0.3 is 14.6 Å². The summed E-state index contributed by atoms with van der Waals surface area (Å²) in [7, 11) is 1.63. The highest BCUT2D eigenvalue weighted by atomic mass is 16.5. The number of aliphatic hydroxyl groups excluding tert-OH is 1.